The predicted octanol–water partition coefficient (Wildman–Crippen LogP) is 3.15. The normalized spacial score (nSPS) is 17.5. The van der Waals surface area contributed by atoms with E-state index in [0.29, 0.717) is 25.0 Å². The molecule has 0 bridgehead atoms. The molecule has 1 aromatic carbocycles. The molecule has 0 atom stereocenters. The van der Waals surface area contributed by atoms with Crippen molar-refractivity contribution in [3.05, 3.63) is 29.3 Å². The molecule has 1 saturated carbocycles. The lowest BCUT2D eigenvalue weighted by Crippen LogP contribution is -2.37. The van der Waals surface area contributed by atoms with Crippen molar-refractivity contribution in [2.45, 2.75) is 30.7 Å². The maximum Gasteiger partial charge on any atom is 0.416 e. The smallest absolute Gasteiger partial charge is 0.324 e. The molecule has 0 aromatic heterocycles. The lowest BCUT2D eigenvalue weighted by Gasteiger charge is -2.16. The second-order valence-corrected chi connectivity index (χ2v) is 4.90. The van der Waals surface area contributed by atoms with Gasteiger partial charge in [-0.05, 0) is 31.0 Å². The minimum absolute atomic E-state index is 0.00893. The molecule has 1 amide bonds. The summed E-state index contributed by atoms with van der Waals surface area (Å²) in [4.78, 5) is 11.6. The van der Waals surface area contributed by atoms with Crippen molar-refractivity contribution in [2.75, 3.05) is 5.32 Å². The molecule has 3 nitrogen and oxygen atoms in total. The molecule has 116 valence electrons. The summed E-state index contributed by atoms with van der Waals surface area (Å²) in [5.41, 5.74) is 0.761. The largest absolute Gasteiger partial charge is 0.416 e. The van der Waals surface area contributed by atoms with Crippen molar-refractivity contribution >= 4 is 11.6 Å². The number of amides is 1. The van der Waals surface area contributed by atoms with Crippen LogP contribution in [0.4, 0.5) is 32.0 Å². The van der Waals surface area contributed by atoms with Gasteiger partial charge in [0.2, 0.25) is 5.91 Å². The van der Waals surface area contributed by atoms with E-state index in [1.54, 1.807) is 0 Å². The van der Waals surface area contributed by atoms with Gasteiger partial charge < -0.3 is 11.1 Å². The van der Waals surface area contributed by atoms with Gasteiger partial charge in [0, 0.05) is 5.69 Å². The van der Waals surface area contributed by atoms with Crippen LogP contribution in [0.15, 0.2) is 18.2 Å². The lowest BCUT2D eigenvalue weighted by molar-refractivity contribution is -0.143. The Labute approximate surface area is 115 Å². The lowest BCUT2D eigenvalue weighted by atomic mass is 10.1. The molecule has 3 N–H and O–H groups in total. The highest BCUT2D eigenvalue weighted by atomic mass is 19.4. The second kappa shape index (κ2) is 4.62. The van der Waals surface area contributed by atoms with E-state index in [-0.39, 0.29) is 6.07 Å². The zero-order valence-electron chi connectivity index (χ0n) is 10.4. The van der Waals surface area contributed by atoms with Crippen LogP contribution >= 0.6 is 0 Å². The highest BCUT2D eigenvalue weighted by molar-refractivity contribution is 6.00. The maximum atomic E-state index is 12.6. The van der Waals surface area contributed by atoms with E-state index in [1.807, 2.05) is 5.32 Å². The molecular weight excluding hydrogens is 302 g/mol. The number of anilines is 1. The molecule has 1 aromatic rings. The molecule has 0 heterocycles. The SMILES string of the molecule is NC1(C(=O)Nc2cc(C(F)(F)F)cc(C(F)(F)F)c2)CC1. The monoisotopic (exact) mass is 312 g/mol. The number of carbonyl (C=O) groups excluding carboxylic acids is 1. The Kier molecular flexibility index (Phi) is 3.43. The number of hydrogen-bond donors (Lipinski definition) is 2. The van der Waals surface area contributed by atoms with Gasteiger partial charge in [-0.3, -0.25) is 4.79 Å². The first-order valence-corrected chi connectivity index (χ1v) is 5.82. The number of carbonyl (C=O) groups is 1. The van der Waals surface area contributed by atoms with E-state index < -0.39 is 40.6 Å². The molecule has 0 unspecified atom stereocenters. The minimum atomic E-state index is -4.96. The molecule has 0 spiro atoms. The molecular formula is C12H10F6N2O. The van der Waals surface area contributed by atoms with Crippen LogP contribution in [0.1, 0.15) is 24.0 Å². The third-order valence-electron chi connectivity index (χ3n) is 3.09. The summed E-state index contributed by atoms with van der Waals surface area (Å²) in [5.74, 6) is -0.796. The predicted molar refractivity (Wildman–Crippen MR) is 61.2 cm³/mol. The maximum absolute atomic E-state index is 12.6. The number of halogens is 6. The fourth-order valence-corrected chi connectivity index (χ4v) is 1.64. The van der Waals surface area contributed by atoms with Gasteiger partial charge >= 0.3 is 12.4 Å². The molecule has 1 aliphatic carbocycles. The third-order valence-corrected chi connectivity index (χ3v) is 3.09. The van der Waals surface area contributed by atoms with E-state index in [1.165, 1.54) is 0 Å². The Morgan fingerprint density at radius 2 is 1.43 bits per heavy atom. The molecule has 0 aliphatic heterocycles. The average molecular weight is 312 g/mol. The van der Waals surface area contributed by atoms with Crippen LogP contribution in [0.25, 0.3) is 0 Å². The van der Waals surface area contributed by atoms with Crippen molar-refractivity contribution in [3.63, 3.8) is 0 Å². The van der Waals surface area contributed by atoms with Crippen LogP contribution in [-0.2, 0) is 17.1 Å². The molecule has 1 fully saturated rings. The summed E-state index contributed by atoms with van der Waals surface area (Å²) in [5, 5.41) is 2.01. The van der Waals surface area contributed by atoms with Gasteiger partial charge in [-0.25, -0.2) is 0 Å². The zero-order chi connectivity index (χ0) is 16.1. The Morgan fingerprint density at radius 3 is 1.76 bits per heavy atom. The fourth-order valence-electron chi connectivity index (χ4n) is 1.64. The number of nitrogens with one attached hydrogen (secondary N) is 1. The van der Waals surface area contributed by atoms with E-state index in [9.17, 15) is 31.1 Å². The van der Waals surface area contributed by atoms with Gasteiger partial charge in [-0.15, -0.1) is 0 Å². The van der Waals surface area contributed by atoms with Gasteiger partial charge in [0.15, 0.2) is 0 Å². The Bertz CT molecular complexity index is 542. The van der Waals surface area contributed by atoms with Crippen LogP contribution < -0.4 is 11.1 Å². The summed E-state index contributed by atoms with van der Waals surface area (Å²) in [6, 6.07) is 0.878. The molecule has 2 rings (SSSR count). The quantitative estimate of drug-likeness (QED) is 0.824. The first-order valence-electron chi connectivity index (χ1n) is 5.82. The number of rotatable bonds is 2. The molecule has 0 radical (unpaired) electrons. The summed E-state index contributed by atoms with van der Waals surface area (Å²) >= 11 is 0. The number of benzene rings is 1. The second-order valence-electron chi connectivity index (χ2n) is 4.90. The molecule has 21 heavy (non-hydrogen) atoms. The van der Waals surface area contributed by atoms with Crippen molar-refractivity contribution in [2.24, 2.45) is 5.73 Å². The summed E-state index contributed by atoms with van der Waals surface area (Å²) in [6.45, 7) is 0. The van der Waals surface area contributed by atoms with Crippen molar-refractivity contribution < 1.29 is 31.1 Å². The summed E-state index contributed by atoms with van der Waals surface area (Å²) in [7, 11) is 0. The third kappa shape index (κ3) is 3.46. The van der Waals surface area contributed by atoms with E-state index in [0.717, 1.165) is 0 Å². The van der Waals surface area contributed by atoms with Crippen molar-refractivity contribution in [1.82, 2.24) is 0 Å². The Balaban J connectivity index is 2.38. The molecule has 1 aliphatic rings. The zero-order valence-corrected chi connectivity index (χ0v) is 10.4. The van der Waals surface area contributed by atoms with Gasteiger partial charge in [0.1, 0.15) is 0 Å². The standard InChI is InChI=1S/C12H10F6N2O/c13-11(14,15)6-3-7(12(16,17)18)5-8(4-6)20-9(21)10(19)1-2-10/h3-5H,1-2,19H2,(H,20,21). The van der Waals surface area contributed by atoms with Gasteiger partial charge in [0.25, 0.3) is 0 Å². The van der Waals surface area contributed by atoms with E-state index in [2.05, 4.69) is 0 Å². The first-order chi connectivity index (χ1) is 9.42. The van der Waals surface area contributed by atoms with E-state index in [4.69, 9.17) is 5.73 Å². The molecule has 9 heteroatoms. The highest BCUT2D eigenvalue weighted by Crippen LogP contribution is 2.38. The van der Waals surface area contributed by atoms with Crippen molar-refractivity contribution in [3.8, 4) is 0 Å². The summed E-state index contributed by atoms with van der Waals surface area (Å²) < 4.78 is 75.7. The number of nitrogens with two attached hydrogens (primary N) is 1. The topological polar surface area (TPSA) is 55.1 Å². The minimum Gasteiger partial charge on any atom is -0.324 e. The number of hydrogen-bond acceptors (Lipinski definition) is 2. The van der Waals surface area contributed by atoms with E-state index >= 15 is 0 Å². The van der Waals surface area contributed by atoms with Crippen LogP contribution in [0, 0.1) is 0 Å². The highest BCUT2D eigenvalue weighted by Gasteiger charge is 2.46. The molecule has 0 saturated heterocycles. The van der Waals surface area contributed by atoms with Crippen LogP contribution in [0.2, 0.25) is 0 Å². The van der Waals surface area contributed by atoms with Crippen LogP contribution in [-0.4, -0.2) is 11.4 Å². The van der Waals surface area contributed by atoms with Gasteiger partial charge in [-0.2, -0.15) is 26.3 Å². The summed E-state index contributed by atoms with van der Waals surface area (Å²) in [6.07, 6.45) is -9.24. The van der Waals surface area contributed by atoms with Gasteiger partial charge in [-0.1, -0.05) is 0 Å². The number of alkyl halides is 6. The first kappa shape index (κ1) is 15.6. The average Bonchev–Trinajstić information content (AvgIpc) is 3.06. The van der Waals surface area contributed by atoms with Gasteiger partial charge in [0.05, 0.1) is 16.7 Å². The van der Waals surface area contributed by atoms with Crippen LogP contribution in [0.5, 0.6) is 0 Å². The van der Waals surface area contributed by atoms with Crippen molar-refractivity contribution in [1.29, 1.82) is 0 Å². The fraction of sp³-hybridized carbons (Fsp3) is 0.417. The van der Waals surface area contributed by atoms with Crippen LogP contribution in [0.3, 0.4) is 0 Å². The Hall–Kier alpha value is -1.77. The Morgan fingerprint density at radius 1 is 1.00 bits per heavy atom.